The maximum Gasteiger partial charge on any atom is 0.235 e. The summed E-state index contributed by atoms with van der Waals surface area (Å²) in [6.07, 6.45) is 0. The normalized spacial score (nSPS) is 12.2. The zero-order chi connectivity index (χ0) is 46.3. The van der Waals surface area contributed by atoms with Crippen molar-refractivity contribution in [2.24, 2.45) is 0 Å². The van der Waals surface area contributed by atoms with Crippen molar-refractivity contribution in [2.75, 3.05) is 0 Å². The summed E-state index contributed by atoms with van der Waals surface area (Å²) in [5, 5.41) is 11.0. The molecule has 0 N–H and O–H groups in total. The van der Waals surface area contributed by atoms with Crippen molar-refractivity contribution >= 4 is 109 Å². The predicted molar refractivity (Wildman–Crippen MR) is 289 cm³/mol. The molecule has 0 atom stereocenters. The predicted octanol–water partition coefficient (Wildman–Crippen LogP) is 17.4. The van der Waals surface area contributed by atoms with Gasteiger partial charge in [0.1, 0.15) is 33.5 Å². The summed E-state index contributed by atoms with van der Waals surface area (Å²) in [4.78, 5) is 11.0. The number of rotatable bonds is 5. The standard InChI is InChI=1S/C64H36N4O3/c1-7-23-55-40(13-1)42-30-27-38(37-28-31-56-50(33-37)41-14-2-6-22-54(41)67(56)39-29-32-61-51(35-39)45-17-5-8-24-58(45)69-61)34-57(42)68(55)64-65-52(48-20-11-18-46-43-15-3-9-25-59(43)70-62(46)48)36-53(66-64)49-21-12-19-47-44-16-4-10-26-60(44)71-63(47)49/h1-36H. The number of furan rings is 3. The van der Waals surface area contributed by atoms with Crippen LogP contribution in [0.3, 0.4) is 0 Å². The van der Waals surface area contributed by atoms with Gasteiger partial charge in [-0.3, -0.25) is 4.57 Å². The molecule has 6 heterocycles. The van der Waals surface area contributed by atoms with Gasteiger partial charge in [0.2, 0.25) is 5.95 Å². The van der Waals surface area contributed by atoms with E-state index in [0.29, 0.717) is 5.95 Å². The third-order valence-corrected chi connectivity index (χ3v) is 14.6. The van der Waals surface area contributed by atoms with Crippen LogP contribution >= 0.6 is 0 Å². The second kappa shape index (κ2) is 14.4. The van der Waals surface area contributed by atoms with Gasteiger partial charge in [0.15, 0.2) is 0 Å². The first-order valence-corrected chi connectivity index (χ1v) is 23.9. The molecule has 16 aromatic rings. The first-order valence-electron chi connectivity index (χ1n) is 23.9. The van der Waals surface area contributed by atoms with Crippen molar-refractivity contribution in [3.63, 3.8) is 0 Å². The van der Waals surface area contributed by atoms with Crippen molar-refractivity contribution in [3.05, 3.63) is 218 Å². The molecule has 7 nitrogen and oxygen atoms in total. The van der Waals surface area contributed by atoms with E-state index in [9.17, 15) is 0 Å². The van der Waals surface area contributed by atoms with Crippen molar-refractivity contribution in [1.82, 2.24) is 19.1 Å². The molecule has 0 fully saturated rings. The molecule has 7 heteroatoms. The van der Waals surface area contributed by atoms with E-state index in [2.05, 4.69) is 191 Å². The monoisotopic (exact) mass is 908 g/mol. The van der Waals surface area contributed by atoms with Crippen LogP contribution in [0.5, 0.6) is 0 Å². The van der Waals surface area contributed by atoms with Crippen LogP contribution in [0.25, 0.3) is 155 Å². The molecular weight excluding hydrogens is 873 g/mol. The molecule has 0 unspecified atom stereocenters. The fraction of sp³-hybridized carbons (Fsp3) is 0. The van der Waals surface area contributed by atoms with Crippen molar-refractivity contribution in [1.29, 1.82) is 0 Å². The summed E-state index contributed by atoms with van der Waals surface area (Å²) < 4.78 is 24.1. The maximum absolute atomic E-state index is 6.65. The number of para-hydroxylation sites is 7. The average molecular weight is 909 g/mol. The number of nitrogens with zero attached hydrogens (tertiary/aromatic N) is 4. The molecule has 0 aliphatic heterocycles. The maximum atomic E-state index is 6.65. The second-order valence-corrected chi connectivity index (χ2v) is 18.4. The van der Waals surface area contributed by atoms with Gasteiger partial charge < -0.3 is 17.8 Å². The molecule has 0 saturated heterocycles. The molecule has 0 saturated carbocycles. The molecule has 0 aliphatic carbocycles. The summed E-state index contributed by atoms with van der Waals surface area (Å²) in [6, 6.07) is 76.7. The Hall–Kier alpha value is -9.72. The lowest BCUT2D eigenvalue weighted by atomic mass is 10.0. The van der Waals surface area contributed by atoms with Gasteiger partial charge in [-0.05, 0) is 96.1 Å². The smallest absolute Gasteiger partial charge is 0.235 e. The van der Waals surface area contributed by atoms with E-state index in [0.717, 1.165) is 138 Å². The topological polar surface area (TPSA) is 75.1 Å². The highest BCUT2D eigenvalue weighted by Crippen LogP contribution is 2.42. The van der Waals surface area contributed by atoms with E-state index in [1.54, 1.807) is 0 Å². The average Bonchev–Trinajstić information content (AvgIpc) is 4.25. The zero-order valence-corrected chi connectivity index (χ0v) is 37.8. The fourth-order valence-electron chi connectivity index (χ4n) is 11.4. The first kappa shape index (κ1) is 38.3. The van der Waals surface area contributed by atoms with E-state index < -0.39 is 0 Å². The number of aromatic nitrogens is 4. The Morgan fingerprint density at radius 3 is 1.42 bits per heavy atom. The number of benzene rings is 10. The minimum absolute atomic E-state index is 0.544. The van der Waals surface area contributed by atoms with Gasteiger partial charge in [0.25, 0.3) is 0 Å². The molecule has 330 valence electrons. The van der Waals surface area contributed by atoms with Gasteiger partial charge >= 0.3 is 0 Å². The van der Waals surface area contributed by atoms with E-state index >= 15 is 0 Å². The molecule has 0 bridgehead atoms. The lowest BCUT2D eigenvalue weighted by Crippen LogP contribution is -2.04. The van der Waals surface area contributed by atoms with Crippen LogP contribution in [0.4, 0.5) is 0 Å². The number of hydrogen-bond acceptors (Lipinski definition) is 5. The van der Waals surface area contributed by atoms with Crippen LogP contribution in [0.1, 0.15) is 0 Å². The lowest BCUT2D eigenvalue weighted by molar-refractivity contribution is 0.668. The highest BCUT2D eigenvalue weighted by molar-refractivity contribution is 6.15. The third kappa shape index (κ3) is 5.54. The van der Waals surface area contributed by atoms with E-state index in [4.69, 9.17) is 23.2 Å². The van der Waals surface area contributed by atoms with Crippen molar-refractivity contribution < 1.29 is 13.3 Å². The van der Waals surface area contributed by atoms with Crippen molar-refractivity contribution in [2.45, 2.75) is 0 Å². The van der Waals surface area contributed by atoms with Gasteiger partial charge in [-0.15, -0.1) is 0 Å². The Morgan fingerprint density at radius 2 is 0.761 bits per heavy atom. The zero-order valence-electron chi connectivity index (χ0n) is 37.8. The summed E-state index contributed by atoms with van der Waals surface area (Å²) in [5.74, 6) is 0.544. The van der Waals surface area contributed by atoms with Crippen LogP contribution in [0.2, 0.25) is 0 Å². The van der Waals surface area contributed by atoms with Crippen LogP contribution < -0.4 is 0 Å². The largest absolute Gasteiger partial charge is 0.456 e. The van der Waals surface area contributed by atoms with E-state index in [1.165, 1.54) is 10.8 Å². The minimum Gasteiger partial charge on any atom is -0.456 e. The second-order valence-electron chi connectivity index (χ2n) is 18.4. The molecule has 0 aliphatic rings. The minimum atomic E-state index is 0.544. The first-order chi connectivity index (χ1) is 35.2. The summed E-state index contributed by atoms with van der Waals surface area (Å²) in [6.45, 7) is 0. The van der Waals surface area contributed by atoms with E-state index in [-0.39, 0.29) is 0 Å². The Labute approximate surface area is 403 Å². The molecule has 0 amide bonds. The molecule has 0 spiro atoms. The summed E-state index contributed by atoms with van der Waals surface area (Å²) in [7, 11) is 0. The Morgan fingerprint density at radius 1 is 0.282 bits per heavy atom. The number of fused-ring (bicyclic) bond motifs is 15. The van der Waals surface area contributed by atoms with Crippen LogP contribution in [0.15, 0.2) is 232 Å². The van der Waals surface area contributed by atoms with Gasteiger partial charge in [0, 0.05) is 70.7 Å². The summed E-state index contributed by atoms with van der Waals surface area (Å²) >= 11 is 0. The molecule has 71 heavy (non-hydrogen) atoms. The Kier molecular flexibility index (Phi) is 7.76. The molecule has 0 radical (unpaired) electrons. The van der Waals surface area contributed by atoms with Gasteiger partial charge in [-0.1, -0.05) is 133 Å². The van der Waals surface area contributed by atoms with Crippen LogP contribution in [0, 0.1) is 0 Å². The molecule has 6 aromatic heterocycles. The van der Waals surface area contributed by atoms with E-state index in [1.807, 2.05) is 36.4 Å². The molecule has 10 aromatic carbocycles. The summed E-state index contributed by atoms with van der Waals surface area (Å²) in [5.41, 5.74) is 15.8. The van der Waals surface area contributed by atoms with Gasteiger partial charge in [-0.25, -0.2) is 9.97 Å². The van der Waals surface area contributed by atoms with Crippen molar-refractivity contribution in [3.8, 4) is 45.3 Å². The highest BCUT2D eigenvalue weighted by atomic mass is 16.3. The molecular formula is C64H36N4O3. The molecule has 16 rings (SSSR count). The van der Waals surface area contributed by atoms with Gasteiger partial charge in [0.05, 0.1) is 33.5 Å². The van der Waals surface area contributed by atoms with Gasteiger partial charge in [-0.2, -0.15) is 0 Å². The lowest BCUT2D eigenvalue weighted by Gasteiger charge is -2.13. The van der Waals surface area contributed by atoms with Crippen LogP contribution in [-0.4, -0.2) is 19.1 Å². The fourth-order valence-corrected chi connectivity index (χ4v) is 11.4. The number of hydrogen-bond donors (Lipinski definition) is 0. The quantitative estimate of drug-likeness (QED) is 0.172. The Bertz CT molecular complexity index is 4770. The highest BCUT2D eigenvalue weighted by Gasteiger charge is 2.23. The van der Waals surface area contributed by atoms with Crippen LogP contribution in [-0.2, 0) is 0 Å². The SMILES string of the molecule is c1ccc2c(c1)oc1ccc(-n3c4ccccc4c4cc(-c5ccc6c7ccccc7n(-c7nc(-c8cccc9c8oc8ccccc89)cc(-c8cccc9c8oc8ccccc89)n7)c6c5)ccc43)cc12. The third-order valence-electron chi connectivity index (χ3n) is 14.6. The Balaban J connectivity index is 0.917.